The predicted octanol–water partition coefficient (Wildman–Crippen LogP) is 7.11. The summed E-state index contributed by atoms with van der Waals surface area (Å²) in [6, 6.07) is 0.107. The van der Waals surface area contributed by atoms with Gasteiger partial charge in [-0.1, -0.05) is 36.7 Å². The summed E-state index contributed by atoms with van der Waals surface area (Å²) in [5.74, 6) is -2.12. The molecule has 9 nitrogen and oxygen atoms in total. The minimum Gasteiger partial charge on any atom is -0.459 e. The fraction of sp³-hybridized carbons (Fsp3) is 0.914. The molecule has 13 atom stereocenters. The van der Waals surface area contributed by atoms with E-state index in [4.69, 9.17) is 32.5 Å². The first-order valence-corrected chi connectivity index (χ1v) is 25.6. The Kier molecular flexibility index (Phi) is 11.9. The number of ether oxygens (including phenoxy) is 5. The summed E-state index contributed by atoms with van der Waals surface area (Å²) < 4.78 is 48.6. The fourth-order valence-electron chi connectivity index (χ4n) is 8.44. The van der Waals surface area contributed by atoms with E-state index in [9.17, 15) is 4.79 Å². The molecule has 3 fully saturated rings. The molecule has 4 aliphatic rings. The maximum absolute atomic E-state index is 14.1. The minimum atomic E-state index is -2.15. The van der Waals surface area contributed by atoms with Crippen molar-refractivity contribution in [2.24, 2.45) is 17.8 Å². The number of hydrogen-bond acceptors (Lipinski definition) is 9. The molecule has 3 bridgehead atoms. The maximum Gasteiger partial charge on any atom is 0.311 e. The molecule has 4 rings (SSSR count). The number of rotatable bonds is 9. The third-order valence-electron chi connectivity index (χ3n) is 10.4. The molecule has 0 aromatic carbocycles. The molecule has 0 aliphatic carbocycles. The molecule has 0 amide bonds. The van der Waals surface area contributed by atoms with Crippen LogP contribution in [0.5, 0.6) is 0 Å². The van der Waals surface area contributed by atoms with E-state index in [0.29, 0.717) is 18.2 Å². The smallest absolute Gasteiger partial charge is 0.311 e. The van der Waals surface area contributed by atoms with Crippen molar-refractivity contribution in [1.82, 2.24) is 4.90 Å². The summed E-state index contributed by atoms with van der Waals surface area (Å²) in [6.07, 6.45) is 1.78. The SMILES string of the molecule is CC[C@H]1OC(=O)[C@H](C)[C@@H](O[Si](C)(C)C)[C@H](C)[C@@H](OC2O[C@H](C)C[C@H](N(C)C)[C@H]2O[Si](C)(C)C)[C@@]2(C)C[C@@H](C)C3(OC1(C)C=C3CBr)O2. The maximum atomic E-state index is 14.1. The number of nitrogens with zero attached hydrogens (tertiary/aromatic N) is 1. The molecule has 0 aromatic rings. The predicted molar refractivity (Wildman–Crippen MR) is 194 cm³/mol. The number of fused-ring (bicyclic) bond motifs is 2. The summed E-state index contributed by atoms with van der Waals surface area (Å²) >= 11 is 3.75. The van der Waals surface area contributed by atoms with Crippen molar-refractivity contribution in [2.45, 2.75) is 167 Å². The Morgan fingerprint density at radius 1 is 0.979 bits per heavy atom. The fourth-order valence-corrected chi connectivity index (χ4v) is 11.3. The van der Waals surface area contributed by atoms with E-state index in [1.165, 1.54) is 0 Å². The zero-order chi connectivity index (χ0) is 35.5. The van der Waals surface area contributed by atoms with E-state index in [1.54, 1.807) is 0 Å². The van der Waals surface area contributed by atoms with Crippen LogP contribution >= 0.6 is 15.9 Å². The van der Waals surface area contributed by atoms with Crippen LogP contribution in [-0.2, 0) is 37.3 Å². The quantitative estimate of drug-likeness (QED) is 0.106. The molecule has 272 valence electrons. The van der Waals surface area contributed by atoms with Crippen LogP contribution in [0.1, 0.15) is 67.7 Å². The van der Waals surface area contributed by atoms with Crippen molar-refractivity contribution >= 4 is 38.5 Å². The van der Waals surface area contributed by atoms with E-state index in [0.717, 1.165) is 12.0 Å². The monoisotopic (exact) mass is 761 g/mol. The largest absolute Gasteiger partial charge is 0.459 e. The van der Waals surface area contributed by atoms with Gasteiger partial charge in [0.05, 0.1) is 29.8 Å². The van der Waals surface area contributed by atoms with Gasteiger partial charge >= 0.3 is 5.97 Å². The molecule has 4 aliphatic heterocycles. The highest BCUT2D eigenvalue weighted by Crippen LogP contribution is 2.57. The summed E-state index contributed by atoms with van der Waals surface area (Å²) in [6.45, 7) is 27.7. The van der Waals surface area contributed by atoms with Crippen molar-refractivity contribution in [1.29, 1.82) is 0 Å². The first kappa shape index (κ1) is 39.6. The molecule has 0 radical (unpaired) electrons. The van der Waals surface area contributed by atoms with Crippen molar-refractivity contribution in [3.05, 3.63) is 11.6 Å². The van der Waals surface area contributed by atoms with E-state index >= 15 is 0 Å². The van der Waals surface area contributed by atoms with Gasteiger partial charge in [0, 0.05) is 23.2 Å². The Morgan fingerprint density at radius 3 is 2.11 bits per heavy atom. The van der Waals surface area contributed by atoms with Gasteiger partial charge < -0.3 is 37.4 Å². The molecule has 3 unspecified atom stereocenters. The van der Waals surface area contributed by atoms with Crippen LogP contribution in [0.3, 0.4) is 0 Å². The molecule has 12 heteroatoms. The van der Waals surface area contributed by atoms with Gasteiger partial charge in [-0.15, -0.1) is 0 Å². The van der Waals surface area contributed by atoms with Crippen LogP contribution in [0.25, 0.3) is 0 Å². The second kappa shape index (κ2) is 14.1. The van der Waals surface area contributed by atoms with Crippen molar-refractivity contribution in [3.63, 3.8) is 0 Å². The van der Waals surface area contributed by atoms with E-state index in [2.05, 4.69) is 108 Å². The lowest BCUT2D eigenvalue weighted by atomic mass is 9.78. The van der Waals surface area contributed by atoms with Crippen LogP contribution in [0.4, 0.5) is 0 Å². The lowest BCUT2D eigenvalue weighted by Gasteiger charge is -2.50. The van der Waals surface area contributed by atoms with Crippen molar-refractivity contribution in [2.75, 3.05) is 19.4 Å². The average molecular weight is 763 g/mol. The second-order valence-corrected chi connectivity index (χ2v) is 26.8. The van der Waals surface area contributed by atoms with Gasteiger partial charge in [-0.05, 0) is 112 Å². The van der Waals surface area contributed by atoms with E-state index < -0.39 is 64.1 Å². The van der Waals surface area contributed by atoms with Crippen LogP contribution < -0.4 is 0 Å². The van der Waals surface area contributed by atoms with E-state index in [-0.39, 0.29) is 36.1 Å². The topological polar surface area (TPSA) is 84.9 Å². The van der Waals surface area contributed by atoms with Gasteiger partial charge in [-0.2, -0.15) is 0 Å². The minimum absolute atomic E-state index is 0.00563. The highest BCUT2D eigenvalue weighted by molar-refractivity contribution is 9.09. The molecule has 0 N–H and O–H groups in total. The van der Waals surface area contributed by atoms with Gasteiger partial charge in [0.2, 0.25) is 0 Å². The van der Waals surface area contributed by atoms with Crippen LogP contribution in [-0.4, -0.2) is 107 Å². The van der Waals surface area contributed by atoms with E-state index in [1.807, 2.05) is 20.8 Å². The normalized spacial score (nSPS) is 45.0. The Balaban J connectivity index is 1.89. The Morgan fingerprint density at radius 2 is 1.57 bits per heavy atom. The van der Waals surface area contributed by atoms with Crippen LogP contribution in [0.2, 0.25) is 39.3 Å². The molecule has 3 saturated heterocycles. The van der Waals surface area contributed by atoms with Crippen molar-refractivity contribution in [3.8, 4) is 0 Å². The number of likely N-dealkylation sites (N-methyl/N-ethyl adjacent to an activating group) is 1. The van der Waals surface area contributed by atoms with Crippen LogP contribution in [0, 0.1) is 17.8 Å². The van der Waals surface area contributed by atoms with Crippen molar-refractivity contribution < 1.29 is 37.3 Å². The molecule has 1 spiro atoms. The van der Waals surface area contributed by atoms with Gasteiger partial charge in [-0.25, -0.2) is 0 Å². The number of alkyl halides is 1. The number of esters is 1. The highest BCUT2D eigenvalue weighted by Gasteiger charge is 2.65. The number of carbonyl (C=O) groups is 1. The molecule has 0 saturated carbocycles. The third kappa shape index (κ3) is 8.17. The van der Waals surface area contributed by atoms with Gasteiger partial charge in [-0.3, -0.25) is 4.79 Å². The highest BCUT2D eigenvalue weighted by atomic mass is 79.9. The first-order chi connectivity index (χ1) is 21.5. The molecule has 4 heterocycles. The summed E-state index contributed by atoms with van der Waals surface area (Å²) in [7, 11) is 0.0414. The second-order valence-electron chi connectivity index (χ2n) is 17.3. The standard InChI is InChI=1S/C35H64BrNO8Si2/c1-16-27-33(6)19-25(20-36)35(44-33)21(2)18-34(7,45-35)30(23(4)28(42-46(10,11)12)24(5)31(38)40-27)41-32-29(43-47(13,14)15)26(37(8)9)17-22(3)39-32/h19,21-24,26-30,32H,16-18,20H2,1-15H3/t21-,22-,23+,24-,26+,27-,28+,29-,30-,32?,33?,34-,35?/m1/s1. The lowest BCUT2D eigenvalue weighted by molar-refractivity contribution is -0.326. The Labute approximate surface area is 295 Å². The zero-order valence-electron chi connectivity index (χ0n) is 31.8. The molecule has 0 aromatic heterocycles. The first-order valence-electron chi connectivity index (χ1n) is 17.7. The van der Waals surface area contributed by atoms with Crippen LogP contribution in [0.15, 0.2) is 11.6 Å². The molecular weight excluding hydrogens is 698 g/mol. The number of halogens is 1. The third-order valence-corrected chi connectivity index (χ3v) is 13.0. The summed E-state index contributed by atoms with van der Waals surface area (Å²) in [5, 5.41) is 0.576. The summed E-state index contributed by atoms with van der Waals surface area (Å²) in [5.41, 5.74) is -0.659. The van der Waals surface area contributed by atoms with Gasteiger partial charge in [0.15, 0.2) is 28.7 Å². The number of carbonyl (C=O) groups excluding carboxylic acids is 1. The number of cyclic esters (lactones) is 1. The summed E-state index contributed by atoms with van der Waals surface area (Å²) in [4.78, 5) is 16.3. The van der Waals surface area contributed by atoms with Gasteiger partial charge in [0.1, 0.15) is 17.8 Å². The average Bonchev–Trinajstić information content (AvgIpc) is 3.38. The number of hydrogen-bond donors (Lipinski definition) is 0. The Bertz CT molecular complexity index is 1160. The zero-order valence-corrected chi connectivity index (χ0v) is 35.4. The molecule has 47 heavy (non-hydrogen) atoms. The Hall–Kier alpha value is -0.156. The molecular formula is C35H64BrNO8Si2. The van der Waals surface area contributed by atoms with Gasteiger partial charge in [0.25, 0.3) is 0 Å². The lowest BCUT2D eigenvalue weighted by Crippen LogP contribution is -2.62.